The Kier molecular flexibility index (Phi) is 4.05. The topological polar surface area (TPSA) is 107 Å². The van der Waals surface area contributed by atoms with E-state index < -0.39 is 4.92 Å². The molecule has 0 aliphatic heterocycles. The zero-order valence-corrected chi connectivity index (χ0v) is 11.1. The summed E-state index contributed by atoms with van der Waals surface area (Å²) in [5.41, 5.74) is 5.22. The molecule has 0 unspecified atom stereocenters. The van der Waals surface area contributed by atoms with Crippen LogP contribution in [-0.4, -0.2) is 21.4 Å². The van der Waals surface area contributed by atoms with Crippen molar-refractivity contribution < 1.29 is 4.92 Å². The molecule has 100 valence electrons. The summed E-state index contributed by atoms with van der Waals surface area (Å²) in [5.74, 6) is 0.476. The normalized spacial score (nSPS) is 11.6. The van der Waals surface area contributed by atoms with Gasteiger partial charge in [0, 0.05) is 6.54 Å². The predicted molar refractivity (Wildman–Crippen MR) is 70.2 cm³/mol. The second-order valence-corrected chi connectivity index (χ2v) is 5.21. The van der Waals surface area contributed by atoms with Crippen LogP contribution < -0.4 is 11.1 Å². The van der Waals surface area contributed by atoms with Crippen molar-refractivity contribution >= 4 is 17.3 Å². The number of anilines is 2. The van der Waals surface area contributed by atoms with E-state index in [-0.39, 0.29) is 22.7 Å². The molecular weight excluding hydrogens is 234 g/mol. The van der Waals surface area contributed by atoms with Gasteiger partial charge in [-0.05, 0) is 11.3 Å². The average Bonchev–Trinajstić information content (AvgIpc) is 2.25. The van der Waals surface area contributed by atoms with Crippen molar-refractivity contribution in [2.45, 2.75) is 27.7 Å². The van der Waals surface area contributed by atoms with Crippen molar-refractivity contribution in [1.29, 1.82) is 0 Å². The lowest BCUT2D eigenvalue weighted by atomic mass is 9.81. The summed E-state index contributed by atoms with van der Waals surface area (Å²) in [4.78, 5) is 17.8. The number of aromatic nitrogens is 2. The first-order valence-corrected chi connectivity index (χ1v) is 5.74. The van der Waals surface area contributed by atoms with Gasteiger partial charge in [-0.1, -0.05) is 27.7 Å². The quantitative estimate of drug-likeness (QED) is 0.614. The van der Waals surface area contributed by atoms with Crippen LogP contribution in [0.4, 0.5) is 17.3 Å². The van der Waals surface area contributed by atoms with Gasteiger partial charge in [0.1, 0.15) is 6.33 Å². The largest absolute Gasteiger partial charge is 0.378 e. The van der Waals surface area contributed by atoms with Crippen LogP contribution in [0.15, 0.2) is 6.33 Å². The van der Waals surface area contributed by atoms with Crippen molar-refractivity contribution in [3.8, 4) is 0 Å². The van der Waals surface area contributed by atoms with Gasteiger partial charge >= 0.3 is 5.69 Å². The minimum absolute atomic E-state index is 0.00637. The fourth-order valence-electron chi connectivity index (χ4n) is 1.22. The summed E-state index contributed by atoms with van der Waals surface area (Å²) >= 11 is 0. The van der Waals surface area contributed by atoms with E-state index in [0.717, 1.165) is 0 Å². The van der Waals surface area contributed by atoms with Gasteiger partial charge in [0.15, 0.2) is 0 Å². The summed E-state index contributed by atoms with van der Waals surface area (Å²) in [6.07, 6.45) is 1.22. The molecule has 0 bridgehead atoms. The Bertz CT molecular complexity index is 445. The lowest BCUT2D eigenvalue weighted by molar-refractivity contribution is -0.383. The molecule has 0 saturated heterocycles. The number of hydrogen-bond donors (Lipinski definition) is 2. The molecule has 0 saturated carbocycles. The number of nitrogens with two attached hydrogens (primary N) is 1. The molecule has 0 atom stereocenters. The molecule has 7 heteroatoms. The first-order chi connectivity index (χ1) is 8.25. The van der Waals surface area contributed by atoms with Gasteiger partial charge in [-0.3, -0.25) is 10.1 Å². The number of nitrogens with one attached hydrogen (secondary N) is 1. The zero-order valence-electron chi connectivity index (χ0n) is 11.1. The van der Waals surface area contributed by atoms with Gasteiger partial charge in [0.2, 0.25) is 11.6 Å². The summed E-state index contributed by atoms with van der Waals surface area (Å²) in [6, 6.07) is 0. The van der Waals surface area contributed by atoms with Gasteiger partial charge in [-0.15, -0.1) is 0 Å². The number of hydrogen-bond acceptors (Lipinski definition) is 6. The minimum Gasteiger partial charge on any atom is -0.378 e. The highest BCUT2D eigenvalue weighted by atomic mass is 16.6. The van der Waals surface area contributed by atoms with Crippen molar-refractivity contribution in [2.24, 2.45) is 11.3 Å². The Balaban J connectivity index is 2.92. The first-order valence-electron chi connectivity index (χ1n) is 5.74. The van der Waals surface area contributed by atoms with E-state index in [4.69, 9.17) is 5.73 Å². The van der Waals surface area contributed by atoms with Crippen molar-refractivity contribution in [1.82, 2.24) is 9.97 Å². The van der Waals surface area contributed by atoms with Crippen LogP contribution in [-0.2, 0) is 0 Å². The Hall–Kier alpha value is -1.92. The number of nitro groups is 1. The molecule has 18 heavy (non-hydrogen) atoms. The first kappa shape index (κ1) is 14.1. The number of nitrogens with zero attached hydrogens (tertiary/aromatic N) is 3. The second-order valence-electron chi connectivity index (χ2n) is 5.21. The van der Waals surface area contributed by atoms with Crippen LogP contribution in [0, 0.1) is 21.4 Å². The molecule has 0 radical (unpaired) electrons. The van der Waals surface area contributed by atoms with Crippen molar-refractivity contribution in [3.63, 3.8) is 0 Å². The number of nitrogen functional groups attached to an aromatic ring is 1. The minimum atomic E-state index is -0.569. The highest BCUT2D eigenvalue weighted by Crippen LogP contribution is 2.30. The Morgan fingerprint density at radius 3 is 2.61 bits per heavy atom. The monoisotopic (exact) mass is 253 g/mol. The van der Waals surface area contributed by atoms with Gasteiger partial charge in [-0.2, -0.15) is 0 Å². The fraction of sp³-hybridized carbons (Fsp3) is 0.636. The molecule has 1 aromatic heterocycles. The molecule has 1 heterocycles. The molecule has 1 rings (SSSR count). The molecule has 0 spiro atoms. The molecule has 1 aromatic rings. The molecule has 0 aromatic carbocycles. The molecule has 0 amide bonds. The Labute approximate surface area is 106 Å². The number of rotatable bonds is 5. The van der Waals surface area contributed by atoms with Crippen molar-refractivity contribution in [2.75, 3.05) is 17.6 Å². The van der Waals surface area contributed by atoms with Crippen LogP contribution in [0.5, 0.6) is 0 Å². The van der Waals surface area contributed by atoms with Crippen LogP contribution >= 0.6 is 0 Å². The van der Waals surface area contributed by atoms with E-state index in [1.54, 1.807) is 0 Å². The van der Waals surface area contributed by atoms with E-state index in [1.165, 1.54) is 6.33 Å². The Morgan fingerprint density at radius 1 is 1.50 bits per heavy atom. The predicted octanol–water partition coefficient (Wildman–Crippen LogP) is 2.06. The maximum Gasteiger partial charge on any atom is 0.352 e. The highest BCUT2D eigenvalue weighted by molar-refractivity contribution is 5.67. The Morgan fingerprint density at radius 2 is 2.11 bits per heavy atom. The molecule has 0 aliphatic carbocycles. The molecule has 0 aliphatic rings. The third-order valence-electron chi connectivity index (χ3n) is 3.31. The van der Waals surface area contributed by atoms with Crippen LogP contribution in [0.1, 0.15) is 27.7 Å². The lowest BCUT2D eigenvalue weighted by Gasteiger charge is -2.29. The van der Waals surface area contributed by atoms with Crippen LogP contribution in [0.25, 0.3) is 0 Å². The van der Waals surface area contributed by atoms with Gasteiger partial charge < -0.3 is 11.1 Å². The maximum absolute atomic E-state index is 10.9. The molecule has 0 fully saturated rings. The van der Waals surface area contributed by atoms with Gasteiger partial charge in [0.25, 0.3) is 0 Å². The summed E-state index contributed by atoms with van der Waals surface area (Å²) in [6.45, 7) is 8.94. The standard InChI is InChI=1S/C11H19N5O2/c1-7(2)11(3,4)5-13-10-8(16(17)18)9(12)14-6-15-10/h6-7H,5H2,1-4H3,(H3,12,13,14,15). The summed E-state index contributed by atoms with van der Waals surface area (Å²) in [5, 5.41) is 13.9. The van der Waals surface area contributed by atoms with E-state index in [1.807, 2.05) is 0 Å². The maximum atomic E-state index is 10.9. The van der Waals surface area contributed by atoms with E-state index >= 15 is 0 Å². The molecule has 3 N–H and O–H groups in total. The smallest absolute Gasteiger partial charge is 0.352 e. The van der Waals surface area contributed by atoms with Gasteiger partial charge in [-0.25, -0.2) is 9.97 Å². The molecular formula is C11H19N5O2. The average molecular weight is 253 g/mol. The van der Waals surface area contributed by atoms with Crippen LogP contribution in [0.3, 0.4) is 0 Å². The van der Waals surface area contributed by atoms with E-state index in [0.29, 0.717) is 12.5 Å². The highest BCUT2D eigenvalue weighted by Gasteiger charge is 2.25. The summed E-state index contributed by atoms with van der Waals surface area (Å²) in [7, 11) is 0. The molecule has 7 nitrogen and oxygen atoms in total. The van der Waals surface area contributed by atoms with E-state index in [2.05, 4.69) is 43.0 Å². The summed E-state index contributed by atoms with van der Waals surface area (Å²) < 4.78 is 0. The third kappa shape index (κ3) is 3.06. The zero-order chi connectivity index (χ0) is 13.9. The third-order valence-corrected chi connectivity index (χ3v) is 3.31. The lowest BCUT2D eigenvalue weighted by Crippen LogP contribution is -2.29. The SMILES string of the molecule is CC(C)C(C)(C)CNc1ncnc(N)c1[N+](=O)[O-]. The van der Waals surface area contributed by atoms with Crippen molar-refractivity contribution in [3.05, 3.63) is 16.4 Å². The second kappa shape index (κ2) is 5.16. The van der Waals surface area contributed by atoms with E-state index in [9.17, 15) is 10.1 Å². The fourth-order valence-corrected chi connectivity index (χ4v) is 1.22. The van der Waals surface area contributed by atoms with Gasteiger partial charge in [0.05, 0.1) is 4.92 Å². The van der Waals surface area contributed by atoms with Crippen LogP contribution in [0.2, 0.25) is 0 Å².